The zero-order valence-corrected chi connectivity index (χ0v) is 20.8. The number of hydrogen-bond donors (Lipinski definition) is 1. The van der Waals surface area contributed by atoms with Gasteiger partial charge in [0.15, 0.2) is 0 Å². The molecule has 6 atom stereocenters. The van der Waals surface area contributed by atoms with Crippen molar-refractivity contribution in [1.29, 1.82) is 0 Å². The Morgan fingerprint density at radius 2 is 2.03 bits per heavy atom. The Morgan fingerprint density at radius 1 is 1.38 bits per heavy atom. The topological polar surface area (TPSA) is 46.5 Å². The minimum absolute atomic E-state index is 0.0837. The molecule has 0 unspecified atom stereocenters. The third kappa shape index (κ3) is 5.55. The van der Waals surface area contributed by atoms with E-state index in [0.717, 1.165) is 12.0 Å². The minimum Gasteiger partial charge on any atom is -0.461 e. The fourth-order valence-electron chi connectivity index (χ4n) is 5.67. The molecule has 0 aromatic carbocycles. The first-order chi connectivity index (χ1) is 13.4. The lowest BCUT2D eigenvalue weighted by Gasteiger charge is -2.44. The van der Waals surface area contributed by atoms with E-state index in [-0.39, 0.29) is 18.5 Å². The largest absolute Gasteiger partial charge is 0.461 e. The van der Waals surface area contributed by atoms with Gasteiger partial charge in [0.05, 0.1) is 11.5 Å². The van der Waals surface area contributed by atoms with E-state index in [0.29, 0.717) is 23.2 Å². The first kappa shape index (κ1) is 24.7. The van der Waals surface area contributed by atoms with Gasteiger partial charge < -0.3 is 9.84 Å². The molecule has 0 aromatic heterocycles. The first-order valence-corrected chi connectivity index (χ1v) is 12.2. The van der Waals surface area contributed by atoms with Crippen LogP contribution in [0.4, 0.5) is 0 Å². The molecule has 0 radical (unpaired) electrons. The lowest BCUT2D eigenvalue weighted by Crippen LogP contribution is -2.37. The highest BCUT2D eigenvalue weighted by atomic mass is 79.9. The van der Waals surface area contributed by atoms with Crippen LogP contribution in [0, 0.1) is 34.5 Å². The van der Waals surface area contributed by atoms with Crippen LogP contribution in [0.2, 0.25) is 0 Å². The Morgan fingerprint density at radius 3 is 2.62 bits per heavy atom. The molecule has 29 heavy (non-hydrogen) atoms. The van der Waals surface area contributed by atoms with Gasteiger partial charge in [-0.2, -0.15) is 0 Å². The number of aliphatic hydroxyl groups excluding tert-OH is 1. The van der Waals surface area contributed by atoms with Gasteiger partial charge in [0, 0.05) is 5.92 Å². The van der Waals surface area contributed by atoms with Crippen molar-refractivity contribution in [2.75, 3.05) is 6.61 Å². The van der Waals surface area contributed by atoms with Gasteiger partial charge in [-0.05, 0) is 93.0 Å². The second kappa shape index (κ2) is 9.68. The van der Waals surface area contributed by atoms with E-state index in [1.807, 2.05) is 27.7 Å². The Labute approximate surface area is 186 Å². The highest BCUT2D eigenvalue weighted by Gasteiger charge is 2.50. The first-order valence-electron chi connectivity index (χ1n) is 11.2. The molecule has 0 heterocycles. The SMILES string of the molecule is C=C(COC(=O)C(C)(C)C)[C@H](C)[C@H](O)C[C@@H](C)[C@H]1CC[C@H]2C(=CBr)CCC[C@]12C. The molecule has 4 heteroatoms. The maximum absolute atomic E-state index is 12.0. The molecule has 2 saturated carbocycles. The van der Waals surface area contributed by atoms with Crippen molar-refractivity contribution < 1.29 is 14.6 Å². The second-order valence-corrected chi connectivity index (χ2v) is 11.3. The summed E-state index contributed by atoms with van der Waals surface area (Å²) in [5.74, 6) is 1.47. The van der Waals surface area contributed by atoms with Gasteiger partial charge in [0.1, 0.15) is 6.61 Å². The molecular formula is C25H41BrO3. The number of carbonyl (C=O) groups excluding carboxylic acids is 1. The number of hydrogen-bond acceptors (Lipinski definition) is 3. The minimum atomic E-state index is -0.520. The van der Waals surface area contributed by atoms with Gasteiger partial charge in [0.2, 0.25) is 0 Å². The van der Waals surface area contributed by atoms with E-state index in [1.165, 1.54) is 32.1 Å². The van der Waals surface area contributed by atoms with Crippen LogP contribution in [0.1, 0.15) is 80.1 Å². The summed E-state index contributed by atoms with van der Waals surface area (Å²) in [5, 5.41) is 10.9. The van der Waals surface area contributed by atoms with Crippen molar-refractivity contribution in [3.63, 3.8) is 0 Å². The Hall–Kier alpha value is -0.610. The van der Waals surface area contributed by atoms with Crippen LogP contribution in [-0.4, -0.2) is 23.8 Å². The highest BCUT2D eigenvalue weighted by molar-refractivity contribution is 9.11. The summed E-state index contributed by atoms with van der Waals surface area (Å²) in [6.45, 7) is 16.6. The fraction of sp³-hybridized carbons (Fsp3) is 0.800. The van der Waals surface area contributed by atoms with Crippen LogP contribution in [0.3, 0.4) is 0 Å². The van der Waals surface area contributed by atoms with Gasteiger partial charge >= 0.3 is 5.97 Å². The van der Waals surface area contributed by atoms with E-state index < -0.39 is 11.5 Å². The summed E-state index contributed by atoms with van der Waals surface area (Å²) < 4.78 is 5.39. The number of fused-ring (bicyclic) bond motifs is 1. The summed E-state index contributed by atoms with van der Waals surface area (Å²) in [5.41, 5.74) is 2.20. The standard InChI is InChI=1S/C25H41BrO3/c1-16(20-10-11-21-19(14-26)9-8-12-25(20,21)7)13-22(27)18(3)17(2)15-29-23(28)24(4,5)6/h14,16,18,20-22,27H,2,8-13,15H2,1,3-7H3/t16-,18+,20-,21+,22-,25-/m1/s1. The van der Waals surface area contributed by atoms with Crippen molar-refractivity contribution in [3.05, 3.63) is 22.7 Å². The average molecular weight is 470 g/mol. The van der Waals surface area contributed by atoms with Gasteiger partial charge in [-0.15, -0.1) is 0 Å². The molecule has 3 nitrogen and oxygen atoms in total. The van der Waals surface area contributed by atoms with E-state index in [4.69, 9.17) is 4.74 Å². The third-order valence-corrected chi connectivity index (χ3v) is 8.29. The number of aliphatic hydroxyl groups is 1. The smallest absolute Gasteiger partial charge is 0.311 e. The second-order valence-electron chi connectivity index (χ2n) is 10.8. The van der Waals surface area contributed by atoms with Crippen LogP contribution in [0.5, 0.6) is 0 Å². The molecule has 2 fully saturated rings. The van der Waals surface area contributed by atoms with E-state index in [9.17, 15) is 9.90 Å². The molecule has 0 aliphatic heterocycles. The average Bonchev–Trinajstić information content (AvgIpc) is 3.01. The van der Waals surface area contributed by atoms with Crippen LogP contribution in [0.15, 0.2) is 22.7 Å². The Balaban J connectivity index is 1.93. The highest BCUT2D eigenvalue weighted by Crippen LogP contribution is 2.60. The molecule has 0 aromatic rings. The summed E-state index contributed by atoms with van der Waals surface area (Å²) >= 11 is 3.59. The molecular weight excluding hydrogens is 428 g/mol. The van der Waals surface area contributed by atoms with Crippen molar-refractivity contribution in [1.82, 2.24) is 0 Å². The Kier molecular flexibility index (Phi) is 8.23. The van der Waals surface area contributed by atoms with E-state index >= 15 is 0 Å². The molecule has 1 N–H and O–H groups in total. The van der Waals surface area contributed by atoms with E-state index in [2.05, 4.69) is 41.3 Å². The van der Waals surface area contributed by atoms with Crippen LogP contribution in [-0.2, 0) is 9.53 Å². The lowest BCUT2D eigenvalue weighted by atomic mass is 9.61. The summed E-state index contributed by atoms with van der Waals surface area (Å²) in [6, 6.07) is 0. The molecule has 0 saturated heterocycles. The number of ether oxygens (including phenoxy) is 1. The zero-order chi connectivity index (χ0) is 22.0. The van der Waals surface area contributed by atoms with Crippen molar-refractivity contribution in [3.8, 4) is 0 Å². The predicted octanol–water partition coefficient (Wildman–Crippen LogP) is 6.65. The van der Waals surface area contributed by atoms with Gasteiger partial charge in [-0.1, -0.05) is 48.9 Å². The van der Waals surface area contributed by atoms with Gasteiger partial charge in [0.25, 0.3) is 0 Å². The fourth-order valence-corrected chi connectivity index (χ4v) is 6.22. The molecule has 0 bridgehead atoms. The molecule has 0 spiro atoms. The van der Waals surface area contributed by atoms with E-state index in [1.54, 1.807) is 5.57 Å². The summed E-state index contributed by atoms with van der Waals surface area (Å²) in [6.07, 6.45) is 6.61. The van der Waals surface area contributed by atoms with Crippen LogP contribution >= 0.6 is 15.9 Å². The lowest BCUT2D eigenvalue weighted by molar-refractivity contribution is -0.152. The summed E-state index contributed by atoms with van der Waals surface area (Å²) in [7, 11) is 0. The van der Waals surface area contributed by atoms with Gasteiger partial charge in [-0.25, -0.2) is 0 Å². The quantitative estimate of drug-likeness (QED) is 0.335. The number of halogens is 1. The molecule has 2 rings (SSSR count). The number of esters is 1. The Bertz CT molecular complexity index is 632. The molecule has 2 aliphatic rings. The normalized spacial score (nSPS) is 31.8. The third-order valence-electron chi connectivity index (χ3n) is 7.70. The number of rotatable bonds is 7. The number of carbonyl (C=O) groups is 1. The van der Waals surface area contributed by atoms with Crippen molar-refractivity contribution >= 4 is 21.9 Å². The monoisotopic (exact) mass is 468 g/mol. The predicted molar refractivity (Wildman–Crippen MR) is 124 cm³/mol. The van der Waals surface area contributed by atoms with Crippen molar-refractivity contribution in [2.45, 2.75) is 86.2 Å². The molecule has 2 aliphatic carbocycles. The van der Waals surface area contributed by atoms with Crippen molar-refractivity contribution in [2.24, 2.45) is 34.5 Å². The molecule has 0 amide bonds. The maximum atomic E-state index is 12.0. The van der Waals surface area contributed by atoms with Gasteiger partial charge in [-0.3, -0.25) is 4.79 Å². The summed E-state index contributed by atoms with van der Waals surface area (Å²) in [4.78, 5) is 14.2. The van der Waals surface area contributed by atoms with Crippen LogP contribution in [0.25, 0.3) is 0 Å². The van der Waals surface area contributed by atoms with Crippen LogP contribution < -0.4 is 0 Å². The molecule has 166 valence electrons. The maximum Gasteiger partial charge on any atom is 0.311 e. The number of allylic oxidation sites excluding steroid dienone is 1. The zero-order valence-electron chi connectivity index (χ0n) is 19.3.